The van der Waals surface area contributed by atoms with E-state index < -0.39 is 0 Å². The van der Waals surface area contributed by atoms with E-state index in [1.165, 1.54) is 0 Å². The summed E-state index contributed by atoms with van der Waals surface area (Å²) in [5.74, 6) is 0.753. The molecule has 0 amide bonds. The van der Waals surface area contributed by atoms with Crippen LogP contribution in [0.5, 0.6) is 5.75 Å². The van der Waals surface area contributed by atoms with Crippen molar-refractivity contribution in [2.24, 2.45) is 0 Å². The van der Waals surface area contributed by atoms with Crippen molar-refractivity contribution in [2.45, 2.75) is 25.9 Å². The van der Waals surface area contributed by atoms with E-state index in [1.807, 2.05) is 25.1 Å². The highest BCUT2D eigenvalue weighted by Crippen LogP contribution is 2.29. The number of hydrogen-bond acceptors (Lipinski definition) is 5. The Balaban J connectivity index is 1.94. The van der Waals surface area contributed by atoms with E-state index in [0.29, 0.717) is 18.9 Å². The van der Waals surface area contributed by atoms with Crippen molar-refractivity contribution in [3.05, 3.63) is 18.2 Å². The number of ether oxygens (including phenoxy) is 2. The lowest BCUT2D eigenvalue weighted by molar-refractivity contribution is 0.0159. The molecule has 0 radical (unpaired) electrons. The Kier molecular flexibility index (Phi) is 5.49. The second-order valence-corrected chi connectivity index (χ2v) is 4.94. The third kappa shape index (κ3) is 3.77. The minimum absolute atomic E-state index is 0.0931. The summed E-state index contributed by atoms with van der Waals surface area (Å²) in [7, 11) is 0. The van der Waals surface area contributed by atoms with E-state index >= 15 is 0 Å². The monoisotopic (exact) mass is 280 g/mol. The number of anilines is 2. The Labute approximate surface area is 120 Å². The fourth-order valence-corrected chi connectivity index (χ4v) is 2.50. The maximum atomic E-state index is 8.77. The lowest BCUT2D eigenvalue weighted by Crippen LogP contribution is -2.37. The fraction of sp³-hybridized carbons (Fsp3) is 0.600. The van der Waals surface area contributed by atoms with Gasteiger partial charge < -0.3 is 25.2 Å². The van der Waals surface area contributed by atoms with Gasteiger partial charge in [0, 0.05) is 24.8 Å². The topological polar surface area (TPSA) is 68.0 Å². The van der Waals surface area contributed by atoms with Crippen molar-refractivity contribution in [3.8, 4) is 5.75 Å². The first-order chi connectivity index (χ1) is 9.74. The Morgan fingerprint density at radius 3 is 2.75 bits per heavy atom. The molecule has 2 rings (SSSR count). The van der Waals surface area contributed by atoms with Crippen LogP contribution in [0.4, 0.5) is 11.4 Å². The largest absolute Gasteiger partial charge is 0.492 e. The second-order valence-electron chi connectivity index (χ2n) is 4.94. The molecule has 112 valence electrons. The normalized spacial score (nSPS) is 16.4. The van der Waals surface area contributed by atoms with Crippen LogP contribution in [0.25, 0.3) is 0 Å². The molecule has 1 fully saturated rings. The zero-order valence-corrected chi connectivity index (χ0v) is 12.0. The molecular formula is C15H24N2O3. The van der Waals surface area contributed by atoms with Gasteiger partial charge in [-0.25, -0.2) is 0 Å². The molecule has 0 aromatic heterocycles. The van der Waals surface area contributed by atoms with Crippen molar-refractivity contribution >= 4 is 11.4 Å². The van der Waals surface area contributed by atoms with Crippen molar-refractivity contribution in [1.82, 2.24) is 0 Å². The van der Waals surface area contributed by atoms with E-state index in [9.17, 15) is 0 Å². The van der Waals surface area contributed by atoms with Gasteiger partial charge in [0.2, 0.25) is 0 Å². The summed E-state index contributed by atoms with van der Waals surface area (Å²) >= 11 is 0. The Morgan fingerprint density at radius 1 is 1.35 bits per heavy atom. The predicted molar refractivity (Wildman–Crippen MR) is 80.3 cm³/mol. The van der Waals surface area contributed by atoms with E-state index in [2.05, 4.69) is 4.90 Å². The quantitative estimate of drug-likeness (QED) is 0.775. The molecule has 0 unspecified atom stereocenters. The van der Waals surface area contributed by atoms with Gasteiger partial charge in [0.15, 0.2) is 0 Å². The number of aliphatic hydroxyl groups excluding tert-OH is 1. The summed E-state index contributed by atoms with van der Waals surface area (Å²) in [5, 5.41) is 8.77. The molecule has 0 bridgehead atoms. The van der Waals surface area contributed by atoms with Crippen LogP contribution in [0.2, 0.25) is 0 Å². The fourth-order valence-electron chi connectivity index (χ4n) is 2.50. The molecule has 0 spiro atoms. The molecule has 1 heterocycles. The van der Waals surface area contributed by atoms with E-state index in [4.69, 9.17) is 20.3 Å². The van der Waals surface area contributed by atoms with Crippen LogP contribution in [0.15, 0.2) is 18.2 Å². The van der Waals surface area contributed by atoms with Gasteiger partial charge in [0.1, 0.15) is 5.75 Å². The summed E-state index contributed by atoms with van der Waals surface area (Å²) in [5.41, 5.74) is 7.71. The van der Waals surface area contributed by atoms with Crippen LogP contribution in [-0.2, 0) is 4.74 Å². The number of piperidine rings is 1. The summed E-state index contributed by atoms with van der Waals surface area (Å²) < 4.78 is 11.1. The molecule has 3 N–H and O–H groups in total. The number of nitrogen functional groups attached to an aromatic ring is 1. The van der Waals surface area contributed by atoms with Crippen LogP contribution in [0.3, 0.4) is 0 Å². The van der Waals surface area contributed by atoms with Gasteiger partial charge in [0.25, 0.3) is 0 Å². The average Bonchev–Trinajstić information content (AvgIpc) is 2.48. The van der Waals surface area contributed by atoms with Gasteiger partial charge in [-0.05, 0) is 31.9 Å². The first-order valence-electron chi connectivity index (χ1n) is 7.24. The molecule has 1 aromatic carbocycles. The number of rotatable bonds is 6. The first kappa shape index (κ1) is 14.9. The number of benzene rings is 1. The van der Waals surface area contributed by atoms with Gasteiger partial charge in [-0.3, -0.25) is 0 Å². The number of hydrogen-bond donors (Lipinski definition) is 2. The van der Waals surface area contributed by atoms with Crippen LogP contribution < -0.4 is 15.4 Å². The Bertz CT molecular complexity index is 418. The van der Waals surface area contributed by atoms with Crippen LogP contribution in [0.1, 0.15) is 19.8 Å². The summed E-state index contributed by atoms with van der Waals surface area (Å²) in [6.45, 7) is 4.99. The number of nitrogens with two attached hydrogens (primary N) is 1. The van der Waals surface area contributed by atoms with E-state index in [-0.39, 0.29) is 12.7 Å². The summed E-state index contributed by atoms with van der Waals surface area (Å²) in [6.07, 6.45) is 2.22. The van der Waals surface area contributed by atoms with Crippen molar-refractivity contribution in [2.75, 3.05) is 43.5 Å². The van der Waals surface area contributed by atoms with E-state index in [0.717, 1.165) is 37.4 Å². The zero-order chi connectivity index (χ0) is 14.4. The molecule has 1 aliphatic rings. The molecule has 20 heavy (non-hydrogen) atoms. The van der Waals surface area contributed by atoms with Crippen molar-refractivity contribution < 1.29 is 14.6 Å². The van der Waals surface area contributed by atoms with Crippen molar-refractivity contribution in [3.63, 3.8) is 0 Å². The van der Waals surface area contributed by atoms with Gasteiger partial charge in [0.05, 0.1) is 31.6 Å². The number of nitrogens with zero attached hydrogens (tertiary/aromatic N) is 1. The highest BCUT2D eigenvalue weighted by molar-refractivity contribution is 5.62. The number of aliphatic hydroxyl groups is 1. The molecule has 0 aliphatic carbocycles. The maximum absolute atomic E-state index is 8.77. The first-order valence-corrected chi connectivity index (χ1v) is 7.24. The molecule has 1 saturated heterocycles. The summed E-state index contributed by atoms with van der Waals surface area (Å²) in [6, 6.07) is 5.94. The van der Waals surface area contributed by atoms with Gasteiger partial charge in [-0.1, -0.05) is 0 Å². The zero-order valence-electron chi connectivity index (χ0n) is 12.0. The summed E-state index contributed by atoms with van der Waals surface area (Å²) in [4.78, 5) is 2.32. The Hall–Kier alpha value is -1.46. The SMILES string of the molecule is CCOc1cc(N2CCC(OCCO)CC2)ccc1N. The van der Waals surface area contributed by atoms with Crippen LogP contribution in [0, 0.1) is 0 Å². The second kappa shape index (κ2) is 7.36. The molecule has 5 heteroatoms. The predicted octanol–water partition coefficient (Wildman–Crippen LogP) is 1.65. The van der Waals surface area contributed by atoms with Gasteiger partial charge in [-0.2, -0.15) is 0 Å². The molecular weight excluding hydrogens is 256 g/mol. The van der Waals surface area contributed by atoms with Gasteiger partial charge >= 0.3 is 0 Å². The molecule has 5 nitrogen and oxygen atoms in total. The van der Waals surface area contributed by atoms with Crippen LogP contribution in [-0.4, -0.2) is 44.1 Å². The van der Waals surface area contributed by atoms with E-state index in [1.54, 1.807) is 0 Å². The van der Waals surface area contributed by atoms with Crippen LogP contribution >= 0.6 is 0 Å². The van der Waals surface area contributed by atoms with Gasteiger partial charge in [-0.15, -0.1) is 0 Å². The molecule has 1 aromatic rings. The lowest BCUT2D eigenvalue weighted by Gasteiger charge is -2.33. The standard InChI is InChI=1S/C15H24N2O3/c1-2-19-15-11-12(3-4-14(15)16)17-7-5-13(6-8-17)20-10-9-18/h3-4,11,13,18H,2,5-10,16H2,1H3. The smallest absolute Gasteiger partial charge is 0.144 e. The molecule has 1 aliphatic heterocycles. The highest BCUT2D eigenvalue weighted by atomic mass is 16.5. The maximum Gasteiger partial charge on any atom is 0.144 e. The third-order valence-corrected chi connectivity index (χ3v) is 3.55. The Morgan fingerprint density at radius 2 is 2.10 bits per heavy atom. The molecule has 0 atom stereocenters. The minimum Gasteiger partial charge on any atom is -0.492 e. The molecule has 0 saturated carbocycles. The van der Waals surface area contributed by atoms with Crippen molar-refractivity contribution in [1.29, 1.82) is 0 Å². The lowest BCUT2D eigenvalue weighted by atomic mass is 10.1. The average molecular weight is 280 g/mol. The minimum atomic E-state index is 0.0931. The highest BCUT2D eigenvalue weighted by Gasteiger charge is 2.20. The third-order valence-electron chi connectivity index (χ3n) is 3.55.